The fraction of sp³-hybridized carbons (Fsp3) is 0.650. The van der Waals surface area contributed by atoms with Crippen molar-refractivity contribution in [1.29, 1.82) is 0 Å². The van der Waals surface area contributed by atoms with Gasteiger partial charge in [0.25, 0.3) is 0 Å². The van der Waals surface area contributed by atoms with E-state index in [0.29, 0.717) is 25.9 Å². The van der Waals surface area contributed by atoms with Gasteiger partial charge >= 0.3 is 0 Å². The summed E-state index contributed by atoms with van der Waals surface area (Å²) in [6.45, 7) is 6.87. The Balaban J connectivity index is 1.74. The van der Waals surface area contributed by atoms with Crippen LogP contribution in [0.1, 0.15) is 45.6 Å². The van der Waals surface area contributed by atoms with Gasteiger partial charge in [-0.05, 0) is 64.2 Å². The van der Waals surface area contributed by atoms with Crippen LogP contribution in [0.25, 0.3) is 0 Å². The third-order valence-electron chi connectivity index (χ3n) is 4.84. The summed E-state index contributed by atoms with van der Waals surface area (Å²) < 4.78 is 30.2. The highest BCUT2D eigenvalue weighted by Gasteiger charge is 2.29. The first-order valence-electron chi connectivity index (χ1n) is 9.66. The Kier molecular flexibility index (Phi) is 7.68. The summed E-state index contributed by atoms with van der Waals surface area (Å²) in [7, 11) is -3.15. The zero-order valence-electron chi connectivity index (χ0n) is 16.8. The minimum absolute atomic E-state index is 0.0383. The molecule has 2 rings (SSSR count). The molecule has 1 atom stereocenters. The average Bonchev–Trinajstić information content (AvgIpc) is 2.60. The molecule has 0 spiro atoms. The Hall–Kier alpha value is -1.60. The number of amides is 1. The Bertz CT molecular complexity index is 708. The van der Waals surface area contributed by atoms with Gasteiger partial charge in [-0.2, -0.15) is 0 Å². The van der Waals surface area contributed by atoms with Gasteiger partial charge in [0, 0.05) is 25.0 Å². The molecule has 0 bridgehead atoms. The monoisotopic (exact) mass is 396 g/mol. The minimum Gasteiger partial charge on any atom is -0.491 e. The number of hydrogen-bond donors (Lipinski definition) is 1. The lowest BCUT2D eigenvalue weighted by Gasteiger charge is -2.30. The van der Waals surface area contributed by atoms with Crippen LogP contribution in [-0.2, 0) is 21.2 Å². The van der Waals surface area contributed by atoms with Crippen LogP contribution in [-0.4, -0.2) is 50.1 Å². The highest BCUT2D eigenvalue weighted by molar-refractivity contribution is 7.88. The van der Waals surface area contributed by atoms with Crippen LogP contribution in [0.5, 0.6) is 5.75 Å². The number of aryl methyl sites for hydroxylation is 1. The lowest BCUT2D eigenvalue weighted by atomic mass is 9.96. The molecule has 1 heterocycles. The number of benzene rings is 1. The molecule has 0 unspecified atom stereocenters. The van der Waals surface area contributed by atoms with E-state index in [9.17, 15) is 13.2 Å². The highest BCUT2D eigenvalue weighted by atomic mass is 32.2. The van der Waals surface area contributed by atoms with E-state index in [1.54, 1.807) is 0 Å². The standard InChI is InChI=1S/C20H32N2O4S/c1-15(2)26-19-9-7-17(8-10-19)6-5-16(3)21-20(23)18-11-13-22(14-12-18)27(4,24)25/h7-10,15-16,18H,5-6,11-14H2,1-4H3,(H,21,23)/t16-/m1/s1. The second-order valence-electron chi connectivity index (χ2n) is 7.70. The lowest BCUT2D eigenvalue weighted by Crippen LogP contribution is -2.44. The van der Waals surface area contributed by atoms with Crippen molar-refractivity contribution >= 4 is 15.9 Å². The number of carbonyl (C=O) groups is 1. The van der Waals surface area contributed by atoms with Gasteiger partial charge in [0.2, 0.25) is 15.9 Å². The van der Waals surface area contributed by atoms with Gasteiger partial charge in [-0.15, -0.1) is 0 Å². The number of piperidine rings is 1. The number of ether oxygens (including phenoxy) is 1. The summed E-state index contributed by atoms with van der Waals surface area (Å²) >= 11 is 0. The van der Waals surface area contributed by atoms with Crippen molar-refractivity contribution in [3.63, 3.8) is 0 Å². The lowest BCUT2D eigenvalue weighted by molar-refractivity contribution is -0.126. The molecule has 152 valence electrons. The minimum atomic E-state index is -3.15. The quantitative estimate of drug-likeness (QED) is 0.733. The third-order valence-corrected chi connectivity index (χ3v) is 6.15. The Morgan fingerprint density at radius 1 is 1.19 bits per heavy atom. The summed E-state index contributed by atoms with van der Waals surface area (Å²) in [6.07, 6.45) is 4.30. The van der Waals surface area contributed by atoms with Crippen LogP contribution >= 0.6 is 0 Å². The summed E-state index contributed by atoms with van der Waals surface area (Å²) in [5.74, 6) is 0.810. The van der Waals surface area contributed by atoms with Gasteiger partial charge < -0.3 is 10.1 Å². The Labute approximate surface area is 163 Å². The molecule has 1 N–H and O–H groups in total. The molecule has 1 aliphatic heterocycles. The molecular formula is C20H32N2O4S. The normalized spacial score (nSPS) is 17.7. The topological polar surface area (TPSA) is 75.7 Å². The molecule has 27 heavy (non-hydrogen) atoms. The molecule has 1 saturated heterocycles. The van der Waals surface area contributed by atoms with Gasteiger partial charge in [0.05, 0.1) is 12.4 Å². The molecule has 1 aliphatic rings. The third kappa shape index (κ3) is 7.14. The van der Waals surface area contributed by atoms with Crippen molar-refractivity contribution in [3.05, 3.63) is 29.8 Å². The molecular weight excluding hydrogens is 364 g/mol. The van der Waals surface area contributed by atoms with E-state index < -0.39 is 10.0 Å². The first-order chi connectivity index (χ1) is 12.6. The van der Waals surface area contributed by atoms with Crippen LogP contribution < -0.4 is 10.1 Å². The zero-order chi connectivity index (χ0) is 20.0. The van der Waals surface area contributed by atoms with Crippen molar-refractivity contribution in [2.24, 2.45) is 5.92 Å². The molecule has 1 amide bonds. The molecule has 0 aliphatic carbocycles. The number of sulfonamides is 1. The predicted molar refractivity (Wildman–Crippen MR) is 107 cm³/mol. The van der Waals surface area contributed by atoms with E-state index in [2.05, 4.69) is 17.4 Å². The van der Waals surface area contributed by atoms with Crippen LogP contribution in [0.3, 0.4) is 0 Å². The summed E-state index contributed by atoms with van der Waals surface area (Å²) in [6, 6.07) is 8.17. The molecule has 1 aromatic rings. The Morgan fingerprint density at radius 2 is 1.78 bits per heavy atom. The van der Waals surface area contributed by atoms with Crippen molar-refractivity contribution in [2.45, 2.75) is 58.6 Å². The maximum absolute atomic E-state index is 12.4. The second kappa shape index (κ2) is 9.55. The molecule has 1 fully saturated rings. The predicted octanol–water partition coefficient (Wildman–Crippen LogP) is 2.58. The van der Waals surface area contributed by atoms with Crippen molar-refractivity contribution in [1.82, 2.24) is 9.62 Å². The first-order valence-corrected chi connectivity index (χ1v) is 11.5. The van der Waals surface area contributed by atoms with Crippen LogP contribution in [0.4, 0.5) is 0 Å². The van der Waals surface area contributed by atoms with E-state index in [1.807, 2.05) is 32.9 Å². The van der Waals surface area contributed by atoms with Crippen molar-refractivity contribution in [3.8, 4) is 5.75 Å². The zero-order valence-corrected chi connectivity index (χ0v) is 17.6. The SMILES string of the molecule is CC(C)Oc1ccc(CC[C@@H](C)NC(=O)C2CCN(S(C)(=O)=O)CC2)cc1. The number of rotatable bonds is 8. The van der Waals surface area contributed by atoms with E-state index in [-0.39, 0.29) is 24.0 Å². The van der Waals surface area contributed by atoms with E-state index in [1.165, 1.54) is 16.1 Å². The fourth-order valence-corrected chi connectivity index (χ4v) is 4.15. The highest BCUT2D eigenvalue weighted by Crippen LogP contribution is 2.20. The van der Waals surface area contributed by atoms with Gasteiger partial charge in [0.1, 0.15) is 5.75 Å². The number of nitrogens with one attached hydrogen (secondary N) is 1. The summed E-state index contributed by atoms with van der Waals surface area (Å²) in [4.78, 5) is 12.4. The fourth-order valence-electron chi connectivity index (χ4n) is 3.27. The number of hydrogen-bond acceptors (Lipinski definition) is 4. The largest absolute Gasteiger partial charge is 0.491 e. The summed E-state index contributed by atoms with van der Waals surface area (Å²) in [5, 5.41) is 3.08. The molecule has 0 aromatic heterocycles. The molecule has 1 aromatic carbocycles. The van der Waals surface area contributed by atoms with Crippen LogP contribution in [0.15, 0.2) is 24.3 Å². The average molecular weight is 397 g/mol. The second-order valence-corrected chi connectivity index (χ2v) is 9.68. The molecule has 0 radical (unpaired) electrons. The van der Waals surface area contributed by atoms with E-state index in [4.69, 9.17) is 4.74 Å². The maximum Gasteiger partial charge on any atom is 0.223 e. The Morgan fingerprint density at radius 3 is 2.30 bits per heavy atom. The molecule has 0 saturated carbocycles. The van der Waals surface area contributed by atoms with Gasteiger partial charge in [-0.3, -0.25) is 4.79 Å². The number of carbonyl (C=O) groups excluding carboxylic acids is 1. The first kappa shape index (κ1) is 21.7. The maximum atomic E-state index is 12.4. The van der Waals surface area contributed by atoms with Gasteiger partial charge in [-0.1, -0.05) is 12.1 Å². The van der Waals surface area contributed by atoms with E-state index in [0.717, 1.165) is 18.6 Å². The van der Waals surface area contributed by atoms with Crippen molar-refractivity contribution in [2.75, 3.05) is 19.3 Å². The van der Waals surface area contributed by atoms with Crippen molar-refractivity contribution < 1.29 is 17.9 Å². The van der Waals surface area contributed by atoms with Crippen LogP contribution in [0.2, 0.25) is 0 Å². The summed E-state index contributed by atoms with van der Waals surface area (Å²) in [5.41, 5.74) is 1.22. The number of nitrogens with zero attached hydrogens (tertiary/aromatic N) is 1. The molecule has 7 heteroatoms. The van der Waals surface area contributed by atoms with Crippen LogP contribution in [0, 0.1) is 5.92 Å². The van der Waals surface area contributed by atoms with Gasteiger partial charge in [-0.25, -0.2) is 12.7 Å². The molecule has 6 nitrogen and oxygen atoms in total. The van der Waals surface area contributed by atoms with E-state index >= 15 is 0 Å². The van der Waals surface area contributed by atoms with Gasteiger partial charge in [0.15, 0.2) is 0 Å². The smallest absolute Gasteiger partial charge is 0.223 e.